The molecular weight excluding hydrogens is 380 g/mol. The van der Waals surface area contributed by atoms with Gasteiger partial charge in [0.1, 0.15) is 0 Å². The predicted octanol–water partition coefficient (Wildman–Crippen LogP) is 5.79. The van der Waals surface area contributed by atoms with Crippen LogP contribution in [0.3, 0.4) is 0 Å². The second-order valence-corrected chi connectivity index (χ2v) is 16.6. The highest BCUT2D eigenvalue weighted by Gasteiger charge is 2.48. The minimum atomic E-state index is -2.10. The van der Waals surface area contributed by atoms with Crippen LogP contribution in [0, 0.1) is 17.3 Å². The zero-order chi connectivity index (χ0) is 21.9. The van der Waals surface area contributed by atoms with Gasteiger partial charge in [0.2, 0.25) is 5.78 Å². The van der Waals surface area contributed by atoms with Crippen LogP contribution < -0.4 is 0 Å². The summed E-state index contributed by atoms with van der Waals surface area (Å²) < 4.78 is 10.7. The molecule has 2 saturated carbocycles. The molecule has 4 atom stereocenters. The van der Waals surface area contributed by atoms with Crippen molar-refractivity contribution in [2.75, 3.05) is 20.3 Å². The Bertz CT molecular complexity index is 619. The highest BCUT2D eigenvalue weighted by molar-refractivity contribution is 6.86. The molecule has 2 rings (SSSR count). The Morgan fingerprint density at radius 3 is 2.48 bits per heavy atom. The normalized spacial score (nSPS) is 28.9. The van der Waals surface area contributed by atoms with Gasteiger partial charge < -0.3 is 9.47 Å². The van der Waals surface area contributed by atoms with Crippen LogP contribution in [0.5, 0.6) is 0 Å². The fourth-order valence-electron chi connectivity index (χ4n) is 5.27. The average Bonchev–Trinajstić information content (AvgIpc) is 2.98. The first-order valence-corrected chi connectivity index (χ1v) is 14.4. The average molecular weight is 423 g/mol. The fraction of sp³-hybridized carbons (Fsp3) is 0.833. The molecule has 2 fully saturated rings. The number of hydrogen-bond acceptors (Lipinski definition) is 4. The lowest BCUT2D eigenvalue weighted by molar-refractivity contribution is -0.152. The van der Waals surface area contributed by atoms with Gasteiger partial charge in [0.05, 0.1) is 28.4 Å². The number of esters is 1. The Labute approximate surface area is 178 Å². The third-order valence-corrected chi connectivity index (χ3v) is 14.5. The molecule has 0 radical (unpaired) electrons. The first-order valence-electron chi connectivity index (χ1n) is 11.3. The summed E-state index contributed by atoms with van der Waals surface area (Å²) in [6.07, 6.45) is 12.6. The summed E-state index contributed by atoms with van der Waals surface area (Å²) in [7, 11) is -0.826. The fourth-order valence-corrected chi connectivity index (χ4v) is 7.62. The number of hydrogen-bond donors (Lipinski definition) is 0. The number of carbonyl (C=O) groups is 2. The van der Waals surface area contributed by atoms with Crippen molar-refractivity contribution in [1.82, 2.24) is 0 Å². The van der Waals surface area contributed by atoms with E-state index in [-0.39, 0.29) is 5.04 Å². The van der Waals surface area contributed by atoms with E-state index >= 15 is 0 Å². The minimum Gasteiger partial charge on any atom is -0.463 e. The summed E-state index contributed by atoms with van der Waals surface area (Å²) >= 11 is 0. The van der Waals surface area contributed by atoms with E-state index in [0.29, 0.717) is 24.5 Å². The summed E-state index contributed by atoms with van der Waals surface area (Å²) in [5.41, 5.74) is 0.0642. The van der Waals surface area contributed by atoms with Gasteiger partial charge in [-0.2, -0.15) is 0 Å². The van der Waals surface area contributed by atoms with Crippen molar-refractivity contribution < 1.29 is 19.1 Å². The van der Waals surface area contributed by atoms with Crippen LogP contribution in [-0.2, 0) is 19.1 Å². The summed E-state index contributed by atoms with van der Waals surface area (Å²) in [5, 5.41) is -0.0189. The zero-order valence-corrected chi connectivity index (χ0v) is 20.7. The first-order chi connectivity index (χ1) is 13.4. The van der Waals surface area contributed by atoms with Gasteiger partial charge in [0.15, 0.2) is 0 Å². The van der Waals surface area contributed by atoms with Crippen molar-refractivity contribution in [3.8, 4) is 0 Å². The second kappa shape index (κ2) is 9.46. The van der Waals surface area contributed by atoms with Crippen LogP contribution in [0.1, 0.15) is 66.2 Å². The molecule has 0 aromatic carbocycles. The van der Waals surface area contributed by atoms with E-state index < -0.39 is 25.4 Å². The number of methoxy groups -OCH3 is 1. The molecule has 0 heterocycles. The van der Waals surface area contributed by atoms with E-state index in [1.54, 1.807) is 0 Å². The molecule has 0 amide bonds. The molecule has 0 aromatic rings. The smallest absolute Gasteiger partial charge is 0.374 e. The molecular formula is C24H42O4Si. The number of rotatable bonds is 8. The van der Waals surface area contributed by atoms with E-state index in [9.17, 15) is 9.59 Å². The van der Waals surface area contributed by atoms with Crippen molar-refractivity contribution in [3.05, 3.63) is 12.2 Å². The van der Waals surface area contributed by atoms with Gasteiger partial charge in [-0.15, -0.1) is 0 Å². The van der Waals surface area contributed by atoms with Gasteiger partial charge in [-0.1, -0.05) is 65.8 Å². The monoisotopic (exact) mass is 422 g/mol. The maximum absolute atomic E-state index is 12.7. The molecule has 4 unspecified atom stereocenters. The molecule has 0 saturated heterocycles. The molecule has 4 nitrogen and oxygen atoms in total. The van der Waals surface area contributed by atoms with Crippen molar-refractivity contribution >= 4 is 19.8 Å². The Hall–Kier alpha value is -0.943. The third-order valence-electron chi connectivity index (χ3n) is 8.50. The van der Waals surface area contributed by atoms with Crippen molar-refractivity contribution in [2.24, 2.45) is 17.3 Å². The van der Waals surface area contributed by atoms with Crippen LogP contribution in [-0.4, -0.2) is 40.1 Å². The molecule has 0 spiro atoms. The van der Waals surface area contributed by atoms with Crippen LogP contribution >= 0.6 is 0 Å². The van der Waals surface area contributed by atoms with Gasteiger partial charge >= 0.3 is 5.97 Å². The summed E-state index contributed by atoms with van der Waals surface area (Å²) in [5.74, 6) is 0.342. The summed E-state index contributed by atoms with van der Waals surface area (Å²) in [6.45, 7) is 14.0. The van der Waals surface area contributed by atoms with E-state index in [2.05, 4.69) is 52.9 Å². The largest absolute Gasteiger partial charge is 0.463 e. The van der Waals surface area contributed by atoms with Gasteiger partial charge in [-0.25, -0.2) is 4.79 Å². The van der Waals surface area contributed by atoms with Crippen LogP contribution in [0.25, 0.3) is 0 Å². The Morgan fingerprint density at radius 1 is 1.17 bits per heavy atom. The Morgan fingerprint density at radius 2 is 1.86 bits per heavy atom. The van der Waals surface area contributed by atoms with Gasteiger partial charge in [-0.3, -0.25) is 4.79 Å². The van der Waals surface area contributed by atoms with E-state index in [4.69, 9.17) is 9.47 Å². The lowest BCUT2D eigenvalue weighted by Gasteiger charge is -2.41. The number of Topliss-reactive ketones (excluding diaryl/α,β-unsaturated/α-hetero) is 1. The molecule has 0 aliphatic heterocycles. The first kappa shape index (κ1) is 24.3. The van der Waals surface area contributed by atoms with E-state index in [1.165, 1.54) is 45.6 Å². The number of carbonyl (C=O) groups excluding carboxylic acids is 2. The molecule has 2 aliphatic carbocycles. The van der Waals surface area contributed by atoms with Crippen molar-refractivity contribution in [3.63, 3.8) is 0 Å². The molecule has 5 heteroatoms. The molecule has 0 N–H and O–H groups in total. The lowest BCUT2D eigenvalue weighted by Crippen LogP contribution is -2.49. The van der Waals surface area contributed by atoms with E-state index in [1.807, 2.05) is 0 Å². The molecule has 166 valence electrons. The number of fused-ring (bicyclic) bond motifs is 1. The Balaban J connectivity index is 1.97. The molecule has 0 bridgehead atoms. The lowest BCUT2D eigenvalue weighted by atomic mass is 9.65. The van der Waals surface area contributed by atoms with E-state index in [0.717, 1.165) is 5.92 Å². The molecule has 29 heavy (non-hydrogen) atoms. The number of allylic oxidation sites excluding steroid dienone is 1. The van der Waals surface area contributed by atoms with Crippen LogP contribution in [0.15, 0.2) is 12.2 Å². The van der Waals surface area contributed by atoms with Crippen molar-refractivity contribution in [2.45, 2.75) is 89.9 Å². The maximum atomic E-state index is 12.7. The number of ketones is 1. The topological polar surface area (TPSA) is 52.6 Å². The quantitative estimate of drug-likeness (QED) is 0.163. The van der Waals surface area contributed by atoms with Crippen LogP contribution in [0.4, 0.5) is 0 Å². The van der Waals surface area contributed by atoms with Crippen molar-refractivity contribution in [1.29, 1.82) is 0 Å². The maximum Gasteiger partial charge on any atom is 0.374 e. The highest BCUT2D eigenvalue weighted by Crippen LogP contribution is 2.55. The third kappa shape index (κ3) is 5.22. The number of ether oxygens (including phenoxy) is 2. The standard InChI is InChI=1S/C24H42O4Si/c1-23(2,3)29(6,7)20(21(25)22(26)27-5)17-28-16-10-12-19-14-13-18-11-8-9-15-24(18,19)4/h10,12,18-20H,8-9,11,13-17H2,1-7H3. The zero-order valence-electron chi connectivity index (χ0n) is 19.7. The highest BCUT2D eigenvalue weighted by atomic mass is 28.3. The Kier molecular flexibility index (Phi) is 7.94. The predicted molar refractivity (Wildman–Crippen MR) is 121 cm³/mol. The minimum absolute atomic E-state index is 0.0189. The molecule has 2 aliphatic rings. The summed E-state index contributed by atoms with van der Waals surface area (Å²) in [4.78, 5) is 24.6. The van der Waals surface area contributed by atoms with Crippen LogP contribution in [0.2, 0.25) is 23.7 Å². The molecule has 0 aromatic heterocycles. The van der Waals surface area contributed by atoms with Gasteiger partial charge in [0, 0.05) is 5.54 Å². The van der Waals surface area contributed by atoms with Gasteiger partial charge in [-0.05, 0) is 48.0 Å². The second-order valence-electron chi connectivity index (χ2n) is 11.0. The summed E-state index contributed by atoms with van der Waals surface area (Å²) in [6, 6.07) is 0. The van der Waals surface area contributed by atoms with Gasteiger partial charge in [0.25, 0.3) is 0 Å². The SMILES string of the molecule is COC(=O)C(=O)C(COCC=CC1CCC2CCCCC12C)[Si](C)(C)C(C)(C)C.